The summed E-state index contributed by atoms with van der Waals surface area (Å²) in [4.78, 5) is 15.2. The first-order chi connectivity index (χ1) is 6.72. The number of nitrogens with zero attached hydrogens (tertiary/aromatic N) is 1. The molecule has 1 aromatic rings. The van der Waals surface area contributed by atoms with Crippen LogP contribution in [0, 0.1) is 19.3 Å². The molecule has 3 heteroatoms. The summed E-state index contributed by atoms with van der Waals surface area (Å²) in [7, 11) is 0. The Morgan fingerprint density at radius 3 is 3.07 bits per heavy atom. The van der Waals surface area contributed by atoms with Gasteiger partial charge in [0.15, 0.2) is 0 Å². The minimum Gasteiger partial charge on any atom is -0.325 e. The largest absolute Gasteiger partial charge is 0.325 e. The monoisotopic (exact) mass is 188 g/mol. The normalized spacial score (nSPS) is 9.14. The van der Waals surface area contributed by atoms with E-state index in [1.54, 1.807) is 12.4 Å². The molecule has 0 aliphatic carbocycles. The molecule has 72 valence electrons. The lowest BCUT2D eigenvalue weighted by Crippen LogP contribution is -2.10. The Bertz CT molecular complexity index is 366. The van der Waals surface area contributed by atoms with Crippen molar-refractivity contribution in [2.24, 2.45) is 0 Å². The quantitative estimate of drug-likeness (QED) is 0.734. The lowest BCUT2D eigenvalue weighted by Gasteiger charge is -2.03. The second-order valence-electron chi connectivity index (χ2n) is 3.00. The third-order valence-electron chi connectivity index (χ3n) is 1.66. The molecule has 0 atom stereocenters. The molecule has 1 heterocycles. The van der Waals surface area contributed by atoms with Crippen molar-refractivity contribution in [3.63, 3.8) is 0 Å². The molecule has 1 aromatic heterocycles. The van der Waals surface area contributed by atoms with Crippen molar-refractivity contribution in [1.29, 1.82) is 0 Å². The zero-order valence-corrected chi connectivity index (χ0v) is 8.08. The first-order valence-electron chi connectivity index (χ1n) is 4.37. The van der Waals surface area contributed by atoms with Crippen LogP contribution in [0.4, 0.5) is 5.69 Å². The molecule has 0 unspecified atom stereocenters. The minimum atomic E-state index is -0.0737. The van der Waals surface area contributed by atoms with E-state index in [0.717, 1.165) is 5.56 Å². The Kier molecular flexibility index (Phi) is 3.69. The van der Waals surface area contributed by atoms with Crippen LogP contribution in [0.15, 0.2) is 18.5 Å². The minimum absolute atomic E-state index is 0.0737. The maximum Gasteiger partial charge on any atom is 0.225 e. The van der Waals surface area contributed by atoms with Gasteiger partial charge in [0, 0.05) is 19.0 Å². The molecule has 0 aliphatic heterocycles. The fourth-order valence-corrected chi connectivity index (χ4v) is 1.03. The molecule has 0 saturated heterocycles. The van der Waals surface area contributed by atoms with Gasteiger partial charge in [0.25, 0.3) is 0 Å². The average Bonchev–Trinajstić information content (AvgIpc) is 2.15. The van der Waals surface area contributed by atoms with E-state index >= 15 is 0 Å². The Morgan fingerprint density at radius 1 is 1.64 bits per heavy atom. The smallest absolute Gasteiger partial charge is 0.225 e. The van der Waals surface area contributed by atoms with Gasteiger partial charge in [0.2, 0.25) is 5.91 Å². The Balaban J connectivity index is 2.53. The molecule has 0 aliphatic rings. The molecule has 0 fully saturated rings. The molecule has 1 rings (SSSR count). The maximum absolute atomic E-state index is 11.2. The van der Waals surface area contributed by atoms with Crippen LogP contribution < -0.4 is 5.32 Å². The van der Waals surface area contributed by atoms with Gasteiger partial charge in [-0.15, -0.1) is 12.3 Å². The van der Waals surface area contributed by atoms with Gasteiger partial charge in [-0.3, -0.25) is 9.78 Å². The Hall–Kier alpha value is -1.82. The van der Waals surface area contributed by atoms with Gasteiger partial charge < -0.3 is 5.32 Å². The van der Waals surface area contributed by atoms with E-state index < -0.39 is 0 Å². The van der Waals surface area contributed by atoms with Gasteiger partial charge in [-0.25, -0.2) is 0 Å². The van der Waals surface area contributed by atoms with Crippen molar-refractivity contribution in [2.45, 2.75) is 19.8 Å². The molecule has 1 N–H and O–H groups in total. The number of hydrogen-bond donors (Lipinski definition) is 1. The number of nitrogens with one attached hydrogen (secondary N) is 1. The highest BCUT2D eigenvalue weighted by Gasteiger charge is 2.00. The molecular formula is C11H12N2O. The van der Waals surface area contributed by atoms with E-state index in [0.29, 0.717) is 18.5 Å². The molecule has 0 bridgehead atoms. The van der Waals surface area contributed by atoms with Crippen LogP contribution in [0.5, 0.6) is 0 Å². The predicted octanol–water partition coefficient (Wildman–Crippen LogP) is 1.74. The van der Waals surface area contributed by atoms with Crippen molar-refractivity contribution >= 4 is 11.6 Å². The summed E-state index contributed by atoms with van der Waals surface area (Å²) in [5.41, 5.74) is 1.73. The number of anilines is 1. The molecule has 14 heavy (non-hydrogen) atoms. The lowest BCUT2D eigenvalue weighted by molar-refractivity contribution is -0.116. The van der Waals surface area contributed by atoms with E-state index in [4.69, 9.17) is 6.42 Å². The summed E-state index contributed by atoms with van der Waals surface area (Å²) in [6.07, 6.45) is 9.21. The van der Waals surface area contributed by atoms with Crippen molar-refractivity contribution in [2.75, 3.05) is 5.32 Å². The fourth-order valence-electron chi connectivity index (χ4n) is 1.03. The highest BCUT2D eigenvalue weighted by atomic mass is 16.1. The van der Waals surface area contributed by atoms with E-state index in [2.05, 4.69) is 16.2 Å². The van der Waals surface area contributed by atoms with Gasteiger partial charge in [-0.2, -0.15) is 0 Å². The van der Waals surface area contributed by atoms with E-state index in [1.807, 2.05) is 13.0 Å². The molecule has 0 aromatic carbocycles. The first-order valence-corrected chi connectivity index (χ1v) is 4.37. The van der Waals surface area contributed by atoms with Gasteiger partial charge in [0.1, 0.15) is 0 Å². The molecule has 0 spiro atoms. The number of carbonyl (C=O) groups excluding carboxylic acids is 1. The number of aryl methyl sites for hydroxylation is 1. The third-order valence-corrected chi connectivity index (χ3v) is 1.66. The summed E-state index contributed by atoms with van der Waals surface area (Å²) in [6, 6.07) is 1.86. The van der Waals surface area contributed by atoms with Gasteiger partial charge >= 0.3 is 0 Å². The predicted molar refractivity (Wildman–Crippen MR) is 55.7 cm³/mol. The fraction of sp³-hybridized carbons (Fsp3) is 0.273. The number of hydrogen-bond acceptors (Lipinski definition) is 2. The number of pyridine rings is 1. The number of carbonyl (C=O) groups is 1. The number of amides is 1. The molecule has 1 amide bonds. The van der Waals surface area contributed by atoms with Crippen LogP contribution >= 0.6 is 0 Å². The lowest BCUT2D eigenvalue weighted by atomic mass is 10.2. The average molecular weight is 188 g/mol. The molecular weight excluding hydrogens is 176 g/mol. The number of terminal acetylenes is 1. The zero-order chi connectivity index (χ0) is 10.4. The van der Waals surface area contributed by atoms with Crippen molar-refractivity contribution in [3.05, 3.63) is 24.0 Å². The van der Waals surface area contributed by atoms with Crippen LogP contribution in [0.25, 0.3) is 0 Å². The van der Waals surface area contributed by atoms with Crippen LogP contribution in [0.1, 0.15) is 18.4 Å². The summed E-state index contributed by atoms with van der Waals surface area (Å²) < 4.78 is 0. The topological polar surface area (TPSA) is 42.0 Å². The highest BCUT2D eigenvalue weighted by Crippen LogP contribution is 2.07. The van der Waals surface area contributed by atoms with E-state index in [1.165, 1.54) is 0 Å². The third kappa shape index (κ3) is 3.28. The molecule has 0 saturated carbocycles. The molecule has 3 nitrogen and oxygen atoms in total. The Labute approximate surface area is 83.6 Å². The van der Waals surface area contributed by atoms with Crippen molar-refractivity contribution < 1.29 is 4.79 Å². The van der Waals surface area contributed by atoms with Crippen LogP contribution in [0.2, 0.25) is 0 Å². The van der Waals surface area contributed by atoms with Crippen LogP contribution in [-0.2, 0) is 4.79 Å². The first kappa shape index (κ1) is 10.3. The SMILES string of the molecule is C#CCCC(=O)Nc1cncc(C)c1. The second kappa shape index (κ2) is 5.03. The van der Waals surface area contributed by atoms with Crippen molar-refractivity contribution in [3.8, 4) is 12.3 Å². The summed E-state index contributed by atoms with van der Waals surface area (Å²) in [5, 5.41) is 2.72. The molecule has 0 radical (unpaired) electrons. The highest BCUT2D eigenvalue weighted by molar-refractivity contribution is 5.90. The van der Waals surface area contributed by atoms with E-state index in [9.17, 15) is 4.79 Å². The maximum atomic E-state index is 11.2. The summed E-state index contributed by atoms with van der Waals surface area (Å²) >= 11 is 0. The standard InChI is InChI=1S/C11H12N2O/c1-3-4-5-11(14)13-10-6-9(2)7-12-8-10/h1,6-8H,4-5H2,2H3,(H,13,14). The summed E-state index contributed by atoms with van der Waals surface area (Å²) in [6.45, 7) is 1.92. The van der Waals surface area contributed by atoms with Gasteiger partial charge in [-0.1, -0.05) is 0 Å². The van der Waals surface area contributed by atoms with Crippen LogP contribution in [-0.4, -0.2) is 10.9 Å². The van der Waals surface area contributed by atoms with Gasteiger partial charge in [0.05, 0.1) is 11.9 Å². The second-order valence-corrected chi connectivity index (χ2v) is 3.00. The van der Waals surface area contributed by atoms with E-state index in [-0.39, 0.29) is 5.91 Å². The zero-order valence-electron chi connectivity index (χ0n) is 8.08. The Morgan fingerprint density at radius 2 is 2.43 bits per heavy atom. The van der Waals surface area contributed by atoms with Gasteiger partial charge in [-0.05, 0) is 18.6 Å². The number of rotatable bonds is 3. The van der Waals surface area contributed by atoms with Crippen molar-refractivity contribution in [1.82, 2.24) is 4.98 Å². The van der Waals surface area contributed by atoms with Crippen LogP contribution in [0.3, 0.4) is 0 Å². The summed E-state index contributed by atoms with van der Waals surface area (Å²) in [5.74, 6) is 2.35. The number of aromatic nitrogens is 1.